The van der Waals surface area contributed by atoms with Gasteiger partial charge >= 0.3 is 0 Å². The Morgan fingerprint density at radius 2 is 2.10 bits per heavy atom. The van der Waals surface area contributed by atoms with Gasteiger partial charge in [-0.05, 0) is 37.1 Å². The summed E-state index contributed by atoms with van der Waals surface area (Å²) in [4.78, 5) is 9.25. The zero-order chi connectivity index (χ0) is 14.5. The number of piperidine rings is 1. The number of anilines is 1. The maximum atomic E-state index is 5.80. The standard InChI is InChI=1S/C16H26N4O/c17-16-11-14(4-5-18-16)12-20-6-2-1-3-15(20)13-19-7-9-21-10-8-19/h4-5,11,15H,1-3,6-10,12-13H2,(H2,17,18)/t15-/m0/s1. The molecule has 5 nitrogen and oxygen atoms in total. The van der Waals surface area contributed by atoms with Crippen LogP contribution in [0.5, 0.6) is 0 Å². The number of aromatic nitrogens is 1. The number of hydrogen-bond donors (Lipinski definition) is 1. The summed E-state index contributed by atoms with van der Waals surface area (Å²) < 4.78 is 5.45. The highest BCUT2D eigenvalue weighted by atomic mass is 16.5. The Bertz CT molecular complexity index is 448. The van der Waals surface area contributed by atoms with Crippen molar-refractivity contribution in [3.05, 3.63) is 23.9 Å². The Kier molecular flexibility index (Phi) is 5.06. The van der Waals surface area contributed by atoms with Crippen LogP contribution in [0.4, 0.5) is 5.82 Å². The normalized spacial score (nSPS) is 25.0. The molecule has 2 N–H and O–H groups in total. The molecule has 116 valence electrons. The molecule has 1 atom stereocenters. The van der Waals surface area contributed by atoms with E-state index in [1.807, 2.05) is 12.3 Å². The molecule has 5 heteroatoms. The fourth-order valence-electron chi connectivity index (χ4n) is 3.38. The maximum Gasteiger partial charge on any atom is 0.123 e. The lowest BCUT2D eigenvalue weighted by molar-refractivity contribution is 0.0153. The third-order valence-electron chi connectivity index (χ3n) is 4.55. The zero-order valence-corrected chi connectivity index (χ0v) is 12.7. The van der Waals surface area contributed by atoms with E-state index < -0.39 is 0 Å². The van der Waals surface area contributed by atoms with Crippen molar-refractivity contribution < 1.29 is 4.74 Å². The van der Waals surface area contributed by atoms with Gasteiger partial charge in [0, 0.05) is 38.4 Å². The number of ether oxygens (including phenoxy) is 1. The topological polar surface area (TPSA) is 54.6 Å². The Morgan fingerprint density at radius 1 is 1.24 bits per heavy atom. The van der Waals surface area contributed by atoms with Crippen molar-refractivity contribution >= 4 is 5.82 Å². The van der Waals surface area contributed by atoms with Gasteiger partial charge in [0.25, 0.3) is 0 Å². The van der Waals surface area contributed by atoms with Crippen LogP contribution in [0.1, 0.15) is 24.8 Å². The Morgan fingerprint density at radius 3 is 2.90 bits per heavy atom. The molecule has 0 unspecified atom stereocenters. The summed E-state index contributed by atoms with van der Waals surface area (Å²) in [7, 11) is 0. The fourth-order valence-corrected chi connectivity index (χ4v) is 3.38. The van der Waals surface area contributed by atoms with E-state index in [4.69, 9.17) is 10.5 Å². The number of nitrogens with two attached hydrogens (primary N) is 1. The number of pyridine rings is 1. The van der Waals surface area contributed by atoms with Crippen LogP contribution in [-0.2, 0) is 11.3 Å². The molecular weight excluding hydrogens is 264 g/mol. The van der Waals surface area contributed by atoms with Crippen molar-refractivity contribution in [2.75, 3.05) is 45.1 Å². The summed E-state index contributed by atoms with van der Waals surface area (Å²) in [5.74, 6) is 0.620. The lowest BCUT2D eigenvalue weighted by atomic mass is 10.0. The first kappa shape index (κ1) is 14.8. The van der Waals surface area contributed by atoms with E-state index in [0.717, 1.165) is 32.8 Å². The van der Waals surface area contributed by atoms with Gasteiger partial charge in [-0.3, -0.25) is 9.80 Å². The smallest absolute Gasteiger partial charge is 0.123 e. The summed E-state index contributed by atoms with van der Waals surface area (Å²) in [6.07, 6.45) is 5.77. The Hall–Kier alpha value is -1.17. The van der Waals surface area contributed by atoms with Crippen molar-refractivity contribution in [3.8, 4) is 0 Å². The highest BCUT2D eigenvalue weighted by Gasteiger charge is 2.25. The van der Waals surface area contributed by atoms with Crippen LogP contribution in [0.3, 0.4) is 0 Å². The van der Waals surface area contributed by atoms with Crippen molar-refractivity contribution in [1.82, 2.24) is 14.8 Å². The summed E-state index contributed by atoms with van der Waals surface area (Å²) in [6, 6.07) is 4.74. The average molecular weight is 290 g/mol. The van der Waals surface area contributed by atoms with Crippen molar-refractivity contribution in [3.63, 3.8) is 0 Å². The van der Waals surface area contributed by atoms with Crippen LogP contribution >= 0.6 is 0 Å². The number of nitrogen functional groups attached to an aromatic ring is 1. The van der Waals surface area contributed by atoms with Crippen molar-refractivity contribution in [2.45, 2.75) is 31.8 Å². The van der Waals surface area contributed by atoms with E-state index in [0.29, 0.717) is 11.9 Å². The van der Waals surface area contributed by atoms with E-state index in [9.17, 15) is 0 Å². The predicted molar refractivity (Wildman–Crippen MR) is 84.0 cm³/mol. The molecule has 3 rings (SSSR count). The molecule has 0 aromatic carbocycles. The molecule has 2 saturated heterocycles. The van der Waals surface area contributed by atoms with Gasteiger partial charge in [0.05, 0.1) is 13.2 Å². The molecule has 0 amide bonds. The van der Waals surface area contributed by atoms with Gasteiger partial charge in [-0.25, -0.2) is 4.98 Å². The maximum absolute atomic E-state index is 5.80. The van der Waals surface area contributed by atoms with Gasteiger partial charge in [-0.2, -0.15) is 0 Å². The molecule has 1 aromatic rings. The SMILES string of the molecule is Nc1cc(CN2CCCC[C@H]2CN2CCOCC2)ccn1. The molecule has 0 aliphatic carbocycles. The van der Waals surface area contributed by atoms with E-state index in [-0.39, 0.29) is 0 Å². The second-order valence-corrected chi connectivity index (χ2v) is 6.12. The van der Waals surface area contributed by atoms with Gasteiger partial charge in [-0.1, -0.05) is 6.42 Å². The molecule has 0 radical (unpaired) electrons. The van der Waals surface area contributed by atoms with Crippen LogP contribution in [0.2, 0.25) is 0 Å². The van der Waals surface area contributed by atoms with Crippen LogP contribution in [0.15, 0.2) is 18.3 Å². The van der Waals surface area contributed by atoms with Gasteiger partial charge in [0.2, 0.25) is 0 Å². The molecule has 2 fully saturated rings. The number of hydrogen-bond acceptors (Lipinski definition) is 5. The van der Waals surface area contributed by atoms with Crippen LogP contribution in [-0.4, -0.2) is 60.2 Å². The number of likely N-dealkylation sites (tertiary alicyclic amines) is 1. The predicted octanol–water partition coefficient (Wildman–Crippen LogP) is 1.35. The Balaban J connectivity index is 1.60. The first-order valence-electron chi connectivity index (χ1n) is 8.06. The summed E-state index contributed by atoms with van der Waals surface area (Å²) in [5, 5.41) is 0. The average Bonchev–Trinajstić information content (AvgIpc) is 2.50. The van der Waals surface area contributed by atoms with Crippen molar-refractivity contribution in [2.24, 2.45) is 0 Å². The van der Waals surface area contributed by atoms with Crippen LogP contribution < -0.4 is 5.73 Å². The molecule has 2 aliphatic heterocycles. The highest BCUT2D eigenvalue weighted by molar-refractivity contribution is 5.31. The van der Waals surface area contributed by atoms with Crippen molar-refractivity contribution in [1.29, 1.82) is 0 Å². The molecule has 0 spiro atoms. The Labute approximate surface area is 127 Å². The summed E-state index contributed by atoms with van der Waals surface area (Å²) in [6.45, 7) is 7.27. The van der Waals surface area contributed by atoms with E-state index in [2.05, 4.69) is 20.9 Å². The largest absolute Gasteiger partial charge is 0.384 e. The minimum absolute atomic E-state index is 0.620. The first-order chi connectivity index (χ1) is 10.3. The second-order valence-electron chi connectivity index (χ2n) is 6.12. The zero-order valence-electron chi connectivity index (χ0n) is 12.7. The number of rotatable bonds is 4. The van der Waals surface area contributed by atoms with Gasteiger partial charge in [-0.15, -0.1) is 0 Å². The first-order valence-corrected chi connectivity index (χ1v) is 8.06. The molecule has 0 bridgehead atoms. The number of nitrogens with zero attached hydrogens (tertiary/aromatic N) is 3. The van der Waals surface area contributed by atoms with E-state index in [1.165, 1.54) is 37.9 Å². The molecule has 2 aliphatic rings. The van der Waals surface area contributed by atoms with E-state index in [1.54, 1.807) is 0 Å². The molecular formula is C16H26N4O. The molecule has 1 aromatic heterocycles. The lowest BCUT2D eigenvalue weighted by Gasteiger charge is -2.39. The van der Waals surface area contributed by atoms with Gasteiger partial charge in [0.15, 0.2) is 0 Å². The second kappa shape index (κ2) is 7.20. The number of morpholine rings is 1. The minimum Gasteiger partial charge on any atom is -0.384 e. The fraction of sp³-hybridized carbons (Fsp3) is 0.688. The lowest BCUT2D eigenvalue weighted by Crippen LogP contribution is -2.49. The van der Waals surface area contributed by atoms with Gasteiger partial charge in [0.1, 0.15) is 5.82 Å². The van der Waals surface area contributed by atoms with E-state index >= 15 is 0 Å². The van der Waals surface area contributed by atoms with Crippen LogP contribution in [0.25, 0.3) is 0 Å². The summed E-state index contributed by atoms with van der Waals surface area (Å²) >= 11 is 0. The quantitative estimate of drug-likeness (QED) is 0.907. The molecule has 0 saturated carbocycles. The third kappa shape index (κ3) is 4.15. The highest BCUT2D eigenvalue weighted by Crippen LogP contribution is 2.21. The monoisotopic (exact) mass is 290 g/mol. The van der Waals surface area contributed by atoms with Gasteiger partial charge < -0.3 is 10.5 Å². The minimum atomic E-state index is 0.620. The van der Waals surface area contributed by atoms with Crippen LogP contribution in [0, 0.1) is 0 Å². The molecule has 3 heterocycles. The molecule has 21 heavy (non-hydrogen) atoms. The summed E-state index contributed by atoms with van der Waals surface area (Å²) in [5.41, 5.74) is 7.07. The third-order valence-corrected chi connectivity index (χ3v) is 4.55.